The van der Waals surface area contributed by atoms with Crippen LogP contribution in [0.25, 0.3) is 0 Å². The van der Waals surface area contributed by atoms with E-state index in [1.54, 1.807) is 40.9 Å². The molecule has 0 N–H and O–H groups in total. The number of amides is 1. The van der Waals surface area contributed by atoms with Crippen molar-refractivity contribution in [2.45, 2.75) is 28.7 Å². The molecule has 0 saturated carbocycles. The van der Waals surface area contributed by atoms with Gasteiger partial charge in [-0.25, -0.2) is 8.42 Å². The zero-order chi connectivity index (χ0) is 17.2. The quantitative estimate of drug-likeness (QED) is 0.750. The lowest BCUT2D eigenvalue weighted by molar-refractivity contribution is -0.138. The largest absolute Gasteiger partial charge is 0.378 e. The maximum atomic E-state index is 13.0. The summed E-state index contributed by atoms with van der Waals surface area (Å²) in [5, 5.41) is 0. The number of thioether (sulfide) groups is 1. The number of ether oxygens (including phenoxy) is 1. The Bertz CT molecular complexity index is 685. The molecule has 1 amide bonds. The van der Waals surface area contributed by atoms with Gasteiger partial charge in [-0.05, 0) is 43.4 Å². The van der Waals surface area contributed by atoms with Gasteiger partial charge in [-0.15, -0.1) is 11.8 Å². The molecule has 0 bridgehead atoms. The van der Waals surface area contributed by atoms with Crippen molar-refractivity contribution in [3.05, 3.63) is 24.3 Å². The molecule has 0 aliphatic carbocycles. The molecule has 24 heavy (non-hydrogen) atoms. The van der Waals surface area contributed by atoms with Crippen molar-refractivity contribution in [2.75, 3.05) is 39.1 Å². The standard InChI is InChI=1S/C16H22N2O4S2/c1-23-13-4-6-14(7-5-13)24(20,21)18-8-2-3-15(18)16(19)17-9-11-22-12-10-17/h4-7,15H,2-3,8-12H2,1H3/t15-/m1/s1. The number of hydrogen-bond donors (Lipinski definition) is 0. The Labute approximate surface area is 147 Å². The second-order valence-corrected chi connectivity index (χ2v) is 8.66. The SMILES string of the molecule is CSc1ccc(S(=O)(=O)N2CCC[C@@H]2C(=O)N2CCOCC2)cc1. The van der Waals surface area contributed by atoms with Crippen molar-refractivity contribution in [1.82, 2.24) is 9.21 Å². The van der Waals surface area contributed by atoms with E-state index < -0.39 is 16.1 Å². The lowest BCUT2D eigenvalue weighted by Gasteiger charge is -2.32. The van der Waals surface area contributed by atoms with E-state index in [4.69, 9.17) is 4.74 Å². The van der Waals surface area contributed by atoms with Crippen LogP contribution in [0, 0.1) is 0 Å². The van der Waals surface area contributed by atoms with Crippen molar-refractivity contribution in [2.24, 2.45) is 0 Å². The predicted molar refractivity (Wildman–Crippen MR) is 92.5 cm³/mol. The fourth-order valence-corrected chi connectivity index (χ4v) is 5.21. The molecular formula is C16H22N2O4S2. The Morgan fingerprint density at radius 3 is 2.46 bits per heavy atom. The molecule has 0 unspecified atom stereocenters. The molecule has 2 heterocycles. The molecule has 2 aliphatic heterocycles. The van der Waals surface area contributed by atoms with Crippen LogP contribution in [0.3, 0.4) is 0 Å². The predicted octanol–water partition coefficient (Wildman–Crippen LogP) is 1.42. The summed E-state index contributed by atoms with van der Waals surface area (Å²) >= 11 is 1.56. The van der Waals surface area contributed by atoms with Gasteiger partial charge < -0.3 is 9.64 Å². The number of morpholine rings is 1. The minimum Gasteiger partial charge on any atom is -0.378 e. The van der Waals surface area contributed by atoms with Gasteiger partial charge in [0.05, 0.1) is 18.1 Å². The van der Waals surface area contributed by atoms with Crippen LogP contribution in [0.4, 0.5) is 0 Å². The zero-order valence-corrected chi connectivity index (χ0v) is 15.3. The van der Waals surface area contributed by atoms with Gasteiger partial charge in [-0.3, -0.25) is 4.79 Å². The van der Waals surface area contributed by atoms with E-state index in [1.165, 1.54) is 4.31 Å². The van der Waals surface area contributed by atoms with Crippen LogP contribution in [0.5, 0.6) is 0 Å². The van der Waals surface area contributed by atoms with Crippen LogP contribution in [0.1, 0.15) is 12.8 Å². The second kappa shape index (κ2) is 7.43. The molecule has 0 aromatic heterocycles. The minimum absolute atomic E-state index is 0.0971. The van der Waals surface area contributed by atoms with Crippen LogP contribution >= 0.6 is 11.8 Å². The summed E-state index contributed by atoms with van der Waals surface area (Å²) in [6.07, 6.45) is 3.24. The number of nitrogens with zero attached hydrogens (tertiary/aromatic N) is 2. The highest BCUT2D eigenvalue weighted by molar-refractivity contribution is 7.98. The van der Waals surface area contributed by atoms with Gasteiger partial charge >= 0.3 is 0 Å². The first-order valence-corrected chi connectivity index (χ1v) is 10.7. The average molecular weight is 370 g/mol. The Hall–Kier alpha value is -1.09. The summed E-state index contributed by atoms with van der Waals surface area (Å²) in [7, 11) is -3.65. The first-order valence-electron chi connectivity index (χ1n) is 8.06. The van der Waals surface area contributed by atoms with Crippen LogP contribution in [0.15, 0.2) is 34.1 Å². The van der Waals surface area contributed by atoms with Crippen LogP contribution in [-0.2, 0) is 19.6 Å². The van der Waals surface area contributed by atoms with Crippen LogP contribution in [0.2, 0.25) is 0 Å². The second-order valence-electron chi connectivity index (χ2n) is 5.89. The molecule has 1 aromatic rings. The molecular weight excluding hydrogens is 348 g/mol. The van der Waals surface area contributed by atoms with E-state index in [9.17, 15) is 13.2 Å². The van der Waals surface area contributed by atoms with Crippen molar-refractivity contribution < 1.29 is 17.9 Å². The van der Waals surface area contributed by atoms with Crippen molar-refractivity contribution in [3.63, 3.8) is 0 Å². The van der Waals surface area contributed by atoms with E-state index in [2.05, 4.69) is 0 Å². The summed E-state index contributed by atoms with van der Waals surface area (Å²) in [5.74, 6) is -0.0971. The summed E-state index contributed by atoms with van der Waals surface area (Å²) in [4.78, 5) is 15.7. The maximum Gasteiger partial charge on any atom is 0.243 e. The summed E-state index contributed by atoms with van der Waals surface area (Å²) in [6, 6.07) is 6.25. The molecule has 0 radical (unpaired) electrons. The van der Waals surface area contributed by atoms with E-state index in [-0.39, 0.29) is 10.8 Å². The number of carbonyl (C=O) groups excluding carboxylic acids is 1. The smallest absolute Gasteiger partial charge is 0.243 e. The van der Waals surface area contributed by atoms with E-state index in [1.807, 2.05) is 6.26 Å². The lowest BCUT2D eigenvalue weighted by atomic mass is 10.2. The van der Waals surface area contributed by atoms with Gasteiger partial charge in [0.25, 0.3) is 0 Å². The van der Waals surface area contributed by atoms with E-state index >= 15 is 0 Å². The Kier molecular flexibility index (Phi) is 5.49. The molecule has 132 valence electrons. The van der Waals surface area contributed by atoms with Gasteiger partial charge in [-0.2, -0.15) is 4.31 Å². The zero-order valence-electron chi connectivity index (χ0n) is 13.7. The Balaban J connectivity index is 1.81. The summed E-state index contributed by atoms with van der Waals surface area (Å²) in [6.45, 7) is 2.49. The molecule has 6 nitrogen and oxygen atoms in total. The molecule has 8 heteroatoms. The van der Waals surface area contributed by atoms with E-state index in [0.717, 1.165) is 4.90 Å². The number of benzene rings is 1. The normalized spacial score (nSPS) is 22.7. The third-order valence-electron chi connectivity index (χ3n) is 4.48. The van der Waals surface area contributed by atoms with Crippen molar-refractivity contribution in [3.8, 4) is 0 Å². The molecule has 2 saturated heterocycles. The van der Waals surface area contributed by atoms with Crippen molar-refractivity contribution >= 4 is 27.7 Å². The van der Waals surface area contributed by atoms with Gasteiger partial charge in [0.1, 0.15) is 6.04 Å². The number of carbonyl (C=O) groups is 1. The molecule has 3 rings (SSSR count). The molecule has 2 aliphatic rings. The first-order chi connectivity index (χ1) is 11.5. The third-order valence-corrected chi connectivity index (χ3v) is 7.14. The summed E-state index contributed by atoms with van der Waals surface area (Å²) in [5.41, 5.74) is 0. The fourth-order valence-electron chi connectivity index (χ4n) is 3.15. The lowest BCUT2D eigenvalue weighted by Crippen LogP contribution is -2.50. The number of rotatable bonds is 4. The topological polar surface area (TPSA) is 66.9 Å². The first kappa shape index (κ1) is 17.7. The highest BCUT2D eigenvalue weighted by Crippen LogP contribution is 2.28. The molecule has 1 atom stereocenters. The van der Waals surface area contributed by atoms with E-state index in [0.29, 0.717) is 45.7 Å². The minimum atomic E-state index is -3.65. The van der Waals surface area contributed by atoms with Crippen LogP contribution in [-0.4, -0.2) is 68.7 Å². The van der Waals surface area contributed by atoms with Gasteiger partial charge in [0, 0.05) is 24.5 Å². The maximum absolute atomic E-state index is 13.0. The third kappa shape index (κ3) is 3.46. The molecule has 0 spiro atoms. The number of hydrogen-bond acceptors (Lipinski definition) is 5. The highest BCUT2D eigenvalue weighted by Gasteiger charge is 2.41. The average Bonchev–Trinajstić information content (AvgIpc) is 3.12. The van der Waals surface area contributed by atoms with Gasteiger partial charge in [-0.1, -0.05) is 0 Å². The van der Waals surface area contributed by atoms with Gasteiger partial charge in [0.15, 0.2) is 0 Å². The Morgan fingerprint density at radius 2 is 1.83 bits per heavy atom. The Morgan fingerprint density at radius 1 is 1.17 bits per heavy atom. The van der Waals surface area contributed by atoms with Crippen molar-refractivity contribution in [1.29, 1.82) is 0 Å². The monoisotopic (exact) mass is 370 g/mol. The highest BCUT2D eigenvalue weighted by atomic mass is 32.2. The number of sulfonamides is 1. The fraction of sp³-hybridized carbons (Fsp3) is 0.562. The van der Waals surface area contributed by atoms with Crippen LogP contribution < -0.4 is 0 Å². The van der Waals surface area contributed by atoms with Gasteiger partial charge in [0.2, 0.25) is 15.9 Å². The molecule has 1 aromatic carbocycles. The summed E-state index contributed by atoms with van der Waals surface area (Å²) < 4.78 is 32.6. The molecule has 2 fully saturated rings.